The van der Waals surface area contributed by atoms with E-state index in [1.54, 1.807) is 12.1 Å². The van der Waals surface area contributed by atoms with Crippen molar-refractivity contribution in [2.75, 3.05) is 16.4 Å². The predicted molar refractivity (Wildman–Crippen MR) is 101 cm³/mol. The van der Waals surface area contributed by atoms with Gasteiger partial charge in [-0.15, -0.1) is 0 Å². The first-order chi connectivity index (χ1) is 12.0. The molecule has 0 radical (unpaired) electrons. The van der Waals surface area contributed by atoms with Gasteiger partial charge in [0.1, 0.15) is 12.0 Å². The number of nitrogens with one attached hydrogen (secondary N) is 2. The second-order valence-electron chi connectivity index (χ2n) is 5.12. The number of carboxylic acids is 1. The van der Waals surface area contributed by atoms with Gasteiger partial charge in [-0.25, -0.2) is 14.8 Å². The molecule has 0 aliphatic carbocycles. The molecule has 0 spiro atoms. The van der Waals surface area contributed by atoms with Crippen LogP contribution < -0.4 is 16.4 Å². The van der Waals surface area contributed by atoms with Gasteiger partial charge < -0.3 is 21.5 Å². The SMILES string of the molecule is Nc1c(Nc2ccc(Br)cc2)ncnc1Nc1ccc(C(=O)O)cc1. The maximum Gasteiger partial charge on any atom is 0.335 e. The van der Waals surface area contributed by atoms with E-state index in [1.807, 2.05) is 24.3 Å². The Balaban J connectivity index is 1.80. The second-order valence-corrected chi connectivity index (χ2v) is 6.04. The Kier molecular flexibility index (Phi) is 4.80. The molecule has 25 heavy (non-hydrogen) atoms. The highest BCUT2D eigenvalue weighted by molar-refractivity contribution is 9.10. The molecule has 3 rings (SSSR count). The minimum Gasteiger partial charge on any atom is -0.478 e. The Morgan fingerprint density at radius 2 is 1.40 bits per heavy atom. The Morgan fingerprint density at radius 3 is 1.88 bits per heavy atom. The lowest BCUT2D eigenvalue weighted by molar-refractivity contribution is 0.0697. The van der Waals surface area contributed by atoms with Crippen molar-refractivity contribution in [3.05, 3.63) is 64.9 Å². The molecule has 0 fully saturated rings. The maximum atomic E-state index is 10.9. The van der Waals surface area contributed by atoms with Crippen molar-refractivity contribution in [1.29, 1.82) is 0 Å². The molecule has 0 amide bonds. The minimum absolute atomic E-state index is 0.207. The summed E-state index contributed by atoms with van der Waals surface area (Å²) in [6.07, 6.45) is 1.39. The van der Waals surface area contributed by atoms with E-state index in [9.17, 15) is 4.79 Å². The van der Waals surface area contributed by atoms with Gasteiger partial charge in [-0.2, -0.15) is 0 Å². The summed E-state index contributed by atoms with van der Waals surface area (Å²) in [6, 6.07) is 13.9. The highest BCUT2D eigenvalue weighted by atomic mass is 79.9. The normalized spacial score (nSPS) is 10.3. The van der Waals surface area contributed by atoms with Gasteiger partial charge in [-0.3, -0.25) is 0 Å². The molecule has 0 saturated carbocycles. The molecular weight excluding hydrogens is 386 g/mol. The zero-order chi connectivity index (χ0) is 17.8. The third-order valence-electron chi connectivity index (χ3n) is 3.39. The number of aromatic nitrogens is 2. The van der Waals surface area contributed by atoms with Crippen molar-refractivity contribution < 1.29 is 9.90 Å². The molecule has 0 unspecified atom stereocenters. The van der Waals surface area contributed by atoms with E-state index in [0.29, 0.717) is 23.0 Å². The number of hydrogen-bond donors (Lipinski definition) is 4. The summed E-state index contributed by atoms with van der Waals surface area (Å²) in [5, 5.41) is 15.1. The molecule has 2 aromatic carbocycles. The molecule has 0 saturated heterocycles. The van der Waals surface area contributed by atoms with Crippen LogP contribution in [0.5, 0.6) is 0 Å². The van der Waals surface area contributed by atoms with Gasteiger partial charge >= 0.3 is 5.97 Å². The molecule has 7 nitrogen and oxygen atoms in total. The van der Waals surface area contributed by atoms with E-state index in [2.05, 4.69) is 36.5 Å². The van der Waals surface area contributed by atoms with Crippen LogP contribution in [0.15, 0.2) is 59.3 Å². The van der Waals surface area contributed by atoms with Crippen molar-refractivity contribution in [3.8, 4) is 0 Å². The first-order valence-electron chi connectivity index (χ1n) is 7.26. The number of benzene rings is 2. The van der Waals surface area contributed by atoms with Crippen LogP contribution in [-0.4, -0.2) is 21.0 Å². The van der Waals surface area contributed by atoms with E-state index in [1.165, 1.54) is 18.5 Å². The number of carboxylic acid groups (broad SMARTS) is 1. The van der Waals surface area contributed by atoms with Gasteiger partial charge in [0.25, 0.3) is 0 Å². The number of nitrogen functional groups attached to an aromatic ring is 1. The topological polar surface area (TPSA) is 113 Å². The molecule has 8 heteroatoms. The monoisotopic (exact) mass is 399 g/mol. The Bertz CT molecular complexity index is 898. The molecular formula is C17H14BrN5O2. The smallest absolute Gasteiger partial charge is 0.335 e. The lowest BCUT2D eigenvalue weighted by Crippen LogP contribution is -2.05. The minimum atomic E-state index is -0.978. The maximum absolute atomic E-state index is 10.9. The van der Waals surface area contributed by atoms with Gasteiger partial charge in [0.05, 0.1) is 5.56 Å². The summed E-state index contributed by atoms with van der Waals surface area (Å²) in [5.74, 6) is -0.0752. The van der Waals surface area contributed by atoms with Crippen molar-refractivity contribution in [2.45, 2.75) is 0 Å². The number of halogens is 1. The Morgan fingerprint density at radius 1 is 0.920 bits per heavy atom. The number of anilines is 5. The van der Waals surface area contributed by atoms with E-state index in [4.69, 9.17) is 10.8 Å². The van der Waals surface area contributed by atoms with E-state index >= 15 is 0 Å². The van der Waals surface area contributed by atoms with Gasteiger partial charge in [0, 0.05) is 15.8 Å². The quantitative estimate of drug-likeness (QED) is 0.512. The molecule has 5 N–H and O–H groups in total. The van der Waals surface area contributed by atoms with Crippen LogP contribution >= 0.6 is 15.9 Å². The number of carbonyl (C=O) groups is 1. The number of aromatic carboxylic acids is 1. The van der Waals surface area contributed by atoms with Crippen molar-refractivity contribution >= 4 is 50.6 Å². The van der Waals surface area contributed by atoms with Crippen LogP contribution in [0.3, 0.4) is 0 Å². The van der Waals surface area contributed by atoms with Gasteiger partial charge in [0.2, 0.25) is 0 Å². The molecule has 0 bridgehead atoms. The number of hydrogen-bond acceptors (Lipinski definition) is 6. The van der Waals surface area contributed by atoms with Crippen molar-refractivity contribution in [2.24, 2.45) is 0 Å². The van der Waals surface area contributed by atoms with Crippen molar-refractivity contribution in [3.63, 3.8) is 0 Å². The number of nitrogens with zero attached hydrogens (tertiary/aromatic N) is 2. The highest BCUT2D eigenvalue weighted by Gasteiger charge is 2.09. The summed E-state index contributed by atoms with van der Waals surface area (Å²) in [5.41, 5.74) is 8.20. The van der Waals surface area contributed by atoms with Crippen LogP contribution in [0.2, 0.25) is 0 Å². The predicted octanol–water partition coefficient (Wildman–Crippen LogP) is 4.01. The molecule has 1 heterocycles. The Hall–Kier alpha value is -3.13. The fraction of sp³-hybridized carbons (Fsp3) is 0. The summed E-state index contributed by atoms with van der Waals surface area (Å²) < 4.78 is 0.973. The van der Waals surface area contributed by atoms with Crippen LogP contribution in [0.4, 0.5) is 28.7 Å². The summed E-state index contributed by atoms with van der Waals surface area (Å²) in [4.78, 5) is 19.2. The Labute approximate surface area is 152 Å². The third-order valence-corrected chi connectivity index (χ3v) is 3.91. The fourth-order valence-corrected chi connectivity index (χ4v) is 2.36. The van der Waals surface area contributed by atoms with Crippen molar-refractivity contribution in [1.82, 2.24) is 9.97 Å². The molecule has 1 aromatic heterocycles. The standard InChI is InChI=1S/C17H14BrN5O2/c18-11-3-7-13(8-4-11)23-16-14(19)15(20-9-21-16)22-12-5-1-10(2-6-12)17(24)25/h1-9H,19H2,(H,24,25)(H2,20,21,22,23). The zero-order valence-corrected chi connectivity index (χ0v) is 14.5. The summed E-state index contributed by atoms with van der Waals surface area (Å²) in [7, 11) is 0. The van der Waals surface area contributed by atoms with Gasteiger partial charge in [-0.05, 0) is 48.5 Å². The number of nitrogens with two attached hydrogens (primary N) is 1. The largest absolute Gasteiger partial charge is 0.478 e. The molecule has 3 aromatic rings. The number of rotatable bonds is 5. The van der Waals surface area contributed by atoms with Gasteiger partial charge in [0.15, 0.2) is 11.6 Å². The van der Waals surface area contributed by atoms with Crippen LogP contribution in [0.25, 0.3) is 0 Å². The van der Waals surface area contributed by atoms with E-state index < -0.39 is 5.97 Å². The zero-order valence-electron chi connectivity index (χ0n) is 12.9. The average Bonchev–Trinajstić information content (AvgIpc) is 2.61. The summed E-state index contributed by atoms with van der Waals surface area (Å²) in [6.45, 7) is 0. The molecule has 126 valence electrons. The van der Waals surface area contributed by atoms with Gasteiger partial charge in [-0.1, -0.05) is 15.9 Å². The lowest BCUT2D eigenvalue weighted by Gasteiger charge is -2.12. The highest BCUT2D eigenvalue weighted by Crippen LogP contribution is 2.28. The lowest BCUT2D eigenvalue weighted by atomic mass is 10.2. The first-order valence-corrected chi connectivity index (χ1v) is 8.05. The van der Waals surface area contributed by atoms with Crippen LogP contribution in [0.1, 0.15) is 10.4 Å². The van der Waals surface area contributed by atoms with Crippen LogP contribution in [-0.2, 0) is 0 Å². The third kappa shape index (κ3) is 4.04. The fourth-order valence-electron chi connectivity index (χ4n) is 2.10. The first kappa shape index (κ1) is 16.7. The van der Waals surface area contributed by atoms with E-state index in [-0.39, 0.29) is 5.56 Å². The molecule has 0 aliphatic rings. The summed E-state index contributed by atoms with van der Waals surface area (Å²) >= 11 is 3.38. The molecule has 0 atom stereocenters. The average molecular weight is 400 g/mol. The van der Waals surface area contributed by atoms with E-state index in [0.717, 1.165) is 10.2 Å². The second kappa shape index (κ2) is 7.18. The van der Waals surface area contributed by atoms with Crippen LogP contribution in [0, 0.1) is 0 Å². The molecule has 0 aliphatic heterocycles.